The normalized spacial score (nSPS) is 16.0. The van der Waals surface area contributed by atoms with Gasteiger partial charge >= 0.3 is 0 Å². The van der Waals surface area contributed by atoms with Gasteiger partial charge in [-0.25, -0.2) is 4.98 Å². The monoisotopic (exact) mass is 341 g/mol. The number of hydrogen-bond acceptors (Lipinski definition) is 4. The fraction of sp³-hybridized carbons (Fsp3) is 0.474. The molecule has 25 heavy (non-hydrogen) atoms. The number of anilines is 1. The van der Waals surface area contributed by atoms with Crippen molar-refractivity contribution in [3.8, 4) is 0 Å². The van der Waals surface area contributed by atoms with E-state index < -0.39 is 0 Å². The molecule has 0 radical (unpaired) electrons. The van der Waals surface area contributed by atoms with Crippen molar-refractivity contribution in [2.75, 3.05) is 44.6 Å². The Morgan fingerprint density at radius 1 is 1.08 bits per heavy atom. The molecular weight excluding hydrogens is 314 g/mol. The van der Waals surface area contributed by atoms with Crippen molar-refractivity contribution >= 4 is 11.6 Å². The van der Waals surface area contributed by atoms with E-state index in [1.807, 2.05) is 30.9 Å². The first-order valence-electron chi connectivity index (χ1n) is 9.02. The van der Waals surface area contributed by atoms with E-state index in [1.165, 1.54) is 5.56 Å². The number of aryl methyl sites for hydroxylation is 1. The number of hydrogen-bond donors (Lipinski definition) is 1. The minimum Gasteiger partial charge on any atom is -0.336 e. The number of benzene rings is 1. The Morgan fingerprint density at radius 3 is 2.44 bits per heavy atom. The van der Waals surface area contributed by atoms with Gasteiger partial charge in [-0.1, -0.05) is 19.1 Å². The van der Waals surface area contributed by atoms with E-state index in [9.17, 15) is 4.79 Å². The molecule has 6 heteroatoms. The summed E-state index contributed by atoms with van der Waals surface area (Å²) in [6.45, 7) is 8.47. The van der Waals surface area contributed by atoms with Gasteiger partial charge in [0, 0.05) is 57.3 Å². The quantitative estimate of drug-likeness (QED) is 0.833. The second-order valence-corrected chi connectivity index (χ2v) is 6.52. The molecule has 0 aliphatic carbocycles. The lowest BCUT2D eigenvalue weighted by atomic mass is 10.1. The molecule has 1 aliphatic heterocycles. The number of amides is 1. The molecule has 1 aromatic heterocycles. The van der Waals surface area contributed by atoms with Crippen LogP contribution < -0.4 is 5.32 Å². The minimum absolute atomic E-state index is 0.0658. The number of nitrogens with zero attached hydrogens (tertiary/aromatic N) is 4. The Balaban J connectivity index is 1.37. The molecule has 0 spiro atoms. The molecule has 2 aromatic rings. The van der Waals surface area contributed by atoms with Gasteiger partial charge in [0.25, 0.3) is 0 Å². The predicted molar refractivity (Wildman–Crippen MR) is 99.6 cm³/mol. The summed E-state index contributed by atoms with van der Waals surface area (Å²) in [4.78, 5) is 21.0. The Hall–Kier alpha value is -2.18. The lowest BCUT2D eigenvalue weighted by molar-refractivity contribution is -0.117. The van der Waals surface area contributed by atoms with Crippen LogP contribution in [0.5, 0.6) is 0 Å². The maximum atomic E-state index is 12.2. The molecule has 0 bridgehead atoms. The highest BCUT2D eigenvalue weighted by Gasteiger charge is 2.18. The standard InChI is InChI=1S/C19H27N5O/c1-2-17-3-5-18(6-4-17)21-19(25)15-23-12-9-22(10-13-23)11-14-24-8-7-20-16-24/h3-8,16H,2,9-15H2,1H3,(H,21,25). The Labute approximate surface area is 149 Å². The summed E-state index contributed by atoms with van der Waals surface area (Å²) in [5.74, 6) is 0.0658. The molecule has 0 atom stereocenters. The van der Waals surface area contributed by atoms with Crippen LogP contribution in [-0.4, -0.2) is 64.5 Å². The van der Waals surface area contributed by atoms with Crippen LogP contribution in [0.4, 0.5) is 5.69 Å². The van der Waals surface area contributed by atoms with Gasteiger partial charge < -0.3 is 9.88 Å². The van der Waals surface area contributed by atoms with E-state index in [0.29, 0.717) is 6.54 Å². The molecule has 1 fully saturated rings. The van der Waals surface area contributed by atoms with Gasteiger partial charge in [0.1, 0.15) is 0 Å². The van der Waals surface area contributed by atoms with E-state index >= 15 is 0 Å². The van der Waals surface area contributed by atoms with E-state index in [2.05, 4.69) is 43.7 Å². The molecular formula is C19H27N5O. The zero-order valence-electron chi connectivity index (χ0n) is 14.9. The van der Waals surface area contributed by atoms with Gasteiger partial charge in [-0.05, 0) is 24.1 Å². The summed E-state index contributed by atoms with van der Waals surface area (Å²) in [6.07, 6.45) is 6.67. The van der Waals surface area contributed by atoms with Crippen LogP contribution in [0.2, 0.25) is 0 Å². The largest absolute Gasteiger partial charge is 0.336 e. The van der Waals surface area contributed by atoms with Crippen molar-refractivity contribution in [1.82, 2.24) is 19.4 Å². The van der Waals surface area contributed by atoms with Gasteiger partial charge in [-0.15, -0.1) is 0 Å². The van der Waals surface area contributed by atoms with Crippen molar-refractivity contribution < 1.29 is 4.79 Å². The molecule has 3 rings (SSSR count). The second kappa shape index (κ2) is 8.78. The first-order chi connectivity index (χ1) is 12.2. The zero-order valence-corrected chi connectivity index (χ0v) is 14.9. The highest BCUT2D eigenvalue weighted by Crippen LogP contribution is 2.10. The zero-order chi connectivity index (χ0) is 17.5. The number of carbonyl (C=O) groups is 1. The minimum atomic E-state index is 0.0658. The molecule has 0 saturated carbocycles. The van der Waals surface area contributed by atoms with Gasteiger partial charge in [-0.2, -0.15) is 0 Å². The topological polar surface area (TPSA) is 53.4 Å². The molecule has 1 aliphatic rings. The van der Waals surface area contributed by atoms with E-state index in [-0.39, 0.29) is 5.91 Å². The van der Waals surface area contributed by atoms with Crippen molar-refractivity contribution in [2.45, 2.75) is 19.9 Å². The van der Waals surface area contributed by atoms with Crippen molar-refractivity contribution in [3.05, 3.63) is 48.5 Å². The highest BCUT2D eigenvalue weighted by atomic mass is 16.2. The molecule has 2 heterocycles. The number of piperazine rings is 1. The third-order valence-corrected chi connectivity index (χ3v) is 4.71. The summed E-state index contributed by atoms with van der Waals surface area (Å²) < 4.78 is 2.10. The maximum absolute atomic E-state index is 12.2. The van der Waals surface area contributed by atoms with Gasteiger partial charge in [0.05, 0.1) is 12.9 Å². The van der Waals surface area contributed by atoms with Gasteiger partial charge in [-0.3, -0.25) is 14.6 Å². The van der Waals surface area contributed by atoms with E-state index in [0.717, 1.165) is 51.4 Å². The Bertz CT molecular complexity index is 645. The Kier molecular flexibility index (Phi) is 6.19. The number of imidazole rings is 1. The van der Waals surface area contributed by atoms with Crippen LogP contribution in [0.1, 0.15) is 12.5 Å². The summed E-state index contributed by atoms with van der Waals surface area (Å²) in [5.41, 5.74) is 2.16. The molecule has 134 valence electrons. The number of rotatable bonds is 7. The second-order valence-electron chi connectivity index (χ2n) is 6.52. The third kappa shape index (κ3) is 5.41. The van der Waals surface area contributed by atoms with Crippen LogP contribution in [0, 0.1) is 0 Å². The highest BCUT2D eigenvalue weighted by molar-refractivity contribution is 5.92. The van der Waals surface area contributed by atoms with Crippen molar-refractivity contribution in [2.24, 2.45) is 0 Å². The number of aromatic nitrogens is 2. The summed E-state index contributed by atoms with van der Waals surface area (Å²) in [6, 6.07) is 8.08. The van der Waals surface area contributed by atoms with Crippen LogP contribution in [0.15, 0.2) is 43.0 Å². The third-order valence-electron chi connectivity index (χ3n) is 4.71. The molecule has 0 unspecified atom stereocenters. The number of carbonyl (C=O) groups excluding carboxylic acids is 1. The lowest BCUT2D eigenvalue weighted by Gasteiger charge is -2.34. The maximum Gasteiger partial charge on any atom is 0.238 e. The van der Waals surface area contributed by atoms with Crippen molar-refractivity contribution in [1.29, 1.82) is 0 Å². The lowest BCUT2D eigenvalue weighted by Crippen LogP contribution is -2.49. The van der Waals surface area contributed by atoms with E-state index in [1.54, 1.807) is 0 Å². The number of nitrogens with one attached hydrogen (secondary N) is 1. The molecule has 1 amide bonds. The van der Waals surface area contributed by atoms with E-state index in [4.69, 9.17) is 0 Å². The molecule has 1 N–H and O–H groups in total. The van der Waals surface area contributed by atoms with Gasteiger partial charge in [0.15, 0.2) is 0 Å². The van der Waals surface area contributed by atoms with Crippen LogP contribution in [-0.2, 0) is 17.8 Å². The summed E-state index contributed by atoms with van der Waals surface area (Å²) >= 11 is 0. The SMILES string of the molecule is CCc1ccc(NC(=O)CN2CCN(CCn3ccnc3)CC2)cc1. The van der Waals surface area contributed by atoms with Crippen LogP contribution in [0.3, 0.4) is 0 Å². The average Bonchev–Trinajstić information content (AvgIpc) is 3.15. The fourth-order valence-corrected chi connectivity index (χ4v) is 3.07. The first-order valence-corrected chi connectivity index (χ1v) is 9.02. The summed E-state index contributed by atoms with van der Waals surface area (Å²) in [7, 11) is 0. The van der Waals surface area contributed by atoms with Crippen LogP contribution in [0.25, 0.3) is 0 Å². The predicted octanol–water partition coefficient (Wildman–Crippen LogP) is 1.70. The fourth-order valence-electron chi connectivity index (χ4n) is 3.07. The molecule has 6 nitrogen and oxygen atoms in total. The Morgan fingerprint density at radius 2 is 1.80 bits per heavy atom. The van der Waals surface area contributed by atoms with Crippen molar-refractivity contribution in [3.63, 3.8) is 0 Å². The summed E-state index contributed by atoms with van der Waals surface area (Å²) in [5, 5.41) is 2.99. The van der Waals surface area contributed by atoms with Gasteiger partial charge in [0.2, 0.25) is 5.91 Å². The first kappa shape index (κ1) is 17.6. The van der Waals surface area contributed by atoms with Crippen LogP contribution >= 0.6 is 0 Å². The molecule has 1 saturated heterocycles. The average molecular weight is 341 g/mol. The smallest absolute Gasteiger partial charge is 0.238 e. The molecule has 1 aromatic carbocycles.